The molecule has 122 valence electrons. The van der Waals surface area contributed by atoms with Gasteiger partial charge in [0, 0.05) is 5.02 Å². The van der Waals surface area contributed by atoms with Gasteiger partial charge in [0.05, 0.1) is 16.9 Å². The molecule has 2 aromatic rings. The van der Waals surface area contributed by atoms with Gasteiger partial charge in [0.25, 0.3) is 0 Å². The molecule has 0 saturated heterocycles. The lowest BCUT2D eigenvalue weighted by atomic mass is 10.1. The Morgan fingerprint density at radius 1 is 1.04 bits per heavy atom. The Bertz CT molecular complexity index is 747. The van der Waals surface area contributed by atoms with Gasteiger partial charge in [-0.1, -0.05) is 17.7 Å². The molecule has 0 aliphatic carbocycles. The Morgan fingerprint density at radius 3 is 2.26 bits per heavy atom. The molecule has 0 amide bonds. The lowest BCUT2D eigenvalue weighted by Crippen LogP contribution is -2.22. The van der Waals surface area contributed by atoms with Crippen LogP contribution >= 0.6 is 23.8 Å². The van der Waals surface area contributed by atoms with E-state index in [1.165, 1.54) is 18.2 Å². The number of halogens is 5. The Balaban J connectivity index is 2.21. The summed E-state index contributed by atoms with van der Waals surface area (Å²) in [7, 11) is 0. The molecule has 0 bridgehead atoms. The highest BCUT2D eigenvalue weighted by Crippen LogP contribution is 2.36. The Labute approximate surface area is 140 Å². The highest BCUT2D eigenvalue weighted by molar-refractivity contribution is 7.80. The zero-order valence-electron chi connectivity index (χ0n) is 11.8. The van der Waals surface area contributed by atoms with Crippen LogP contribution in [-0.2, 0) is 6.18 Å². The molecule has 0 aliphatic rings. The van der Waals surface area contributed by atoms with Crippen molar-refractivity contribution in [1.29, 1.82) is 0 Å². The van der Waals surface area contributed by atoms with E-state index in [-0.39, 0.29) is 21.5 Å². The lowest BCUT2D eigenvalue weighted by Gasteiger charge is -2.16. The van der Waals surface area contributed by atoms with Crippen LogP contribution in [0.15, 0.2) is 36.4 Å². The highest BCUT2D eigenvalue weighted by Gasteiger charge is 2.34. The summed E-state index contributed by atoms with van der Waals surface area (Å²) in [5.41, 5.74) is -0.454. The number of alkyl halides is 3. The first-order valence-electron chi connectivity index (χ1n) is 6.38. The summed E-state index contributed by atoms with van der Waals surface area (Å²) in [6.07, 6.45) is -4.60. The third-order valence-electron chi connectivity index (χ3n) is 2.91. The SMILES string of the molecule is Cc1ccc(NC(=S)Nc2ccc(Cl)cc2C(F)(F)F)c(F)c1. The second-order valence-electron chi connectivity index (χ2n) is 4.75. The van der Waals surface area contributed by atoms with E-state index in [1.54, 1.807) is 13.0 Å². The van der Waals surface area contributed by atoms with E-state index >= 15 is 0 Å². The van der Waals surface area contributed by atoms with Gasteiger partial charge in [-0.3, -0.25) is 0 Å². The normalized spacial score (nSPS) is 11.2. The largest absolute Gasteiger partial charge is 0.418 e. The number of anilines is 2. The van der Waals surface area contributed by atoms with E-state index in [0.29, 0.717) is 5.56 Å². The molecular weight excluding hydrogens is 352 g/mol. The van der Waals surface area contributed by atoms with Crippen molar-refractivity contribution in [1.82, 2.24) is 0 Å². The average molecular weight is 363 g/mol. The lowest BCUT2D eigenvalue weighted by molar-refractivity contribution is -0.136. The van der Waals surface area contributed by atoms with Crippen LogP contribution in [0.4, 0.5) is 28.9 Å². The minimum atomic E-state index is -4.60. The van der Waals surface area contributed by atoms with Crippen molar-refractivity contribution in [3.05, 3.63) is 58.4 Å². The molecule has 8 heteroatoms. The monoisotopic (exact) mass is 362 g/mol. The van der Waals surface area contributed by atoms with Crippen molar-refractivity contribution in [2.45, 2.75) is 13.1 Å². The van der Waals surface area contributed by atoms with E-state index in [0.717, 1.165) is 12.1 Å². The molecule has 0 saturated carbocycles. The van der Waals surface area contributed by atoms with Gasteiger partial charge in [-0.2, -0.15) is 13.2 Å². The van der Waals surface area contributed by atoms with Crippen molar-refractivity contribution in [2.24, 2.45) is 0 Å². The molecule has 2 rings (SSSR count). The molecule has 0 unspecified atom stereocenters. The molecule has 2 N–H and O–H groups in total. The van der Waals surface area contributed by atoms with Crippen LogP contribution in [0, 0.1) is 12.7 Å². The third kappa shape index (κ3) is 4.56. The number of aryl methyl sites for hydroxylation is 1. The van der Waals surface area contributed by atoms with Gasteiger partial charge in [-0.25, -0.2) is 4.39 Å². The predicted octanol–water partition coefficient (Wildman–Crippen LogP) is 5.62. The highest BCUT2D eigenvalue weighted by atomic mass is 35.5. The smallest absolute Gasteiger partial charge is 0.332 e. The van der Waals surface area contributed by atoms with E-state index in [4.69, 9.17) is 23.8 Å². The van der Waals surface area contributed by atoms with Crippen LogP contribution in [0.2, 0.25) is 5.02 Å². The zero-order chi connectivity index (χ0) is 17.2. The number of hydrogen-bond donors (Lipinski definition) is 2. The quantitative estimate of drug-likeness (QED) is 0.536. The maximum Gasteiger partial charge on any atom is 0.418 e. The second kappa shape index (κ2) is 6.72. The van der Waals surface area contributed by atoms with Crippen molar-refractivity contribution >= 4 is 40.3 Å². The van der Waals surface area contributed by atoms with Gasteiger partial charge in [0.2, 0.25) is 0 Å². The molecule has 0 heterocycles. The van der Waals surface area contributed by atoms with Gasteiger partial charge in [-0.15, -0.1) is 0 Å². The molecule has 2 aromatic carbocycles. The fraction of sp³-hybridized carbons (Fsp3) is 0.133. The molecular formula is C15H11ClF4N2S. The predicted molar refractivity (Wildman–Crippen MR) is 87.4 cm³/mol. The van der Waals surface area contributed by atoms with Crippen LogP contribution in [0.5, 0.6) is 0 Å². The summed E-state index contributed by atoms with van der Waals surface area (Å²) in [5, 5.41) is 4.72. The average Bonchev–Trinajstić information content (AvgIpc) is 2.43. The van der Waals surface area contributed by atoms with Gasteiger partial charge in [0.1, 0.15) is 5.82 Å². The summed E-state index contributed by atoms with van der Waals surface area (Å²) >= 11 is 10.5. The Morgan fingerprint density at radius 2 is 1.65 bits per heavy atom. The summed E-state index contributed by atoms with van der Waals surface area (Å²) in [5.74, 6) is -0.554. The number of rotatable bonds is 2. The first kappa shape index (κ1) is 17.5. The summed E-state index contributed by atoms with van der Waals surface area (Å²) in [6.45, 7) is 1.72. The Hall–Kier alpha value is -1.86. The van der Waals surface area contributed by atoms with E-state index in [9.17, 15) is 17.6 Å². The van der Waals surface area contributed by atoms with Crippen LogP contribution in [0.3, 0.4) is 0 Å². The number of benzene rings is 2. The molecule has 0 radical (unpaired) electrons. The molecule has 23 heavy (non-hydrogen) atoms. The molecule has 0 aliphatic heterocycles. The first-order chi connectivity index (χ1) is 10.7. The second-order valence-corrected chi connectivity index (χ2v) is 5.59. The van der Waals surface area contributed by atoms with Gasteiger partial charge >= 0.3 is 6.18 Å². The van der Waals surface area contributed by atoms with Crippen molar-refractivity contribution < 1.29 is 17.6 Å². The zero-order valence-corrected chi connectivity index (χ0v) is 13.3. The Kier molecular flexibility index (Phi) is 5.11. The summed E-state index contributed by atoms with van der Waals surface area (Å²) in [6, 6.07) is 7.63. The number of hydrogen-bond acceptors (Lipinski definition) is 1. The third-order valence-corrected chi connectivity index (χ3v) is 3.35. The number of nitrogens with one attached hydrogen (secondary N) is 2. The molecule has 0 atom stereocenters. The topological polar surface area (TPSA) is 24.1 Å². The van der Waals surface area contributed by atoms with Gasteiger partial charge in [0.15, 0.2) is 5.11 Å². The van der Waals surface area contributed by atoms with Crippen LogP contribution in [-0.4, -0.2) is 5.11 Å². The molecule has 2 nitrogen and oxygen atoms in total. The standard InChI is InChI=1S/C15H11ClF4N2S/c1-8-2-4-13(11(17)6-8)22-14(23)21-12-5-3-9(16)7-10(12)15(18,19)20/h2-7H,1H3,(H2,21,22,23). The van der Waals surface area contributed by atoms with Crippen molar-refractivity contribution in [3.8, 4) is 0 Å². The maximum atomic E-state index is 13.7. The fourth-order valence-electron chi connectivity index (χ4n) is 1.86. The van der Waals surface area contributed by atoms with E-state index in [1.807, 2.05) is 0 Å². The number of thiocarbonyl (C=S) groups is 1. The first-order valence-corrected chi connectivity index (χ1v) is 7.16. The van der Waals surface area contributed by atoms with Gasteiger partial charge in [-0.05, 0) is 55.0 Å². The maximum absolute atomic E-state index is 13.7. The van der Waals surface area contributed by atoms with E-state index in [2.05, 4.69) is 10.6 Å². The van der Waals surface area contributed by atoms with Crippen molar-refractivity contribution in [2.75, 3.05) is 10.6 Å². The minimum Gasteiger partial charge on any atom is -0.332 e. The van der Waals surface area contributed by atoms with Crippen molar-refractivity contribution in [3.63, 3.8) is 0 Å². The van der Waals surface area contributed by atoms with Crippen LogP contribution < -0.4 is 10.6 Å². The summed E-state index contributed by atoms with van der Waals surface area (Å²) in [4.78, 5) is 0. The van der Waals surface area contributed by atoms with Crippen LogP contribution in [0.25, 0.3) is 0 Å². The van der Waals surface area contributed by atoms with Gasteiger partial charge < -0.3 is 10.6 Å². The molecule has 0 fully saturated rings. The van der Waals surface area contributed by atoms with E-state index < -0.39 is 17.6 Å². The molecule has 0 aromatic heterocycles. The molecule has 0 spiro atoms. The minimum absolute atomic E-state index is 0.0497. The fourth-order valence-corrected chi connectivity index (χ4v) is 2.25. The van der Waals surface area contributed by atoms with Crippen LogP contribution in [0.1, 0.15) is 11.1 Å². The summed E-state index contributed by atoms with van der Waals surface area (Å²) < 4.78 is 52.7.